The molecule has 0 spiro atoms. The zero-order chi connectivity index (χ0) is 13.0. The van der Waals surface area contributed by atoms with Gasteiger partial charge >= 0.3 is 0 Å². The third kappa shape index (κ3) is 1.79. The lowest BCUT2D eigenvalue weighted by Gasteiger charge is -2.51. The van der Waals surface area contributed by atoms with Crippen LogP contribution in [0.3, 0.4) is 0 Å². The molecule has 0 radical (unpaired) electrons. The number of aliphatic hydroxyl groups excluding tert-OH is 1. The predicted molar refractivity (Wildman–Crippen MR) is 61.8 cm³/mol. The van der Waals surface area contributed by atoms with Crippen LogP contribution in [0.5, 0.6) is 0 Å². The SMILES string of the molecule is CC1(C)O[C@H]2CN3COCC[C@@H]3[C@](O)(CO)[C@@H]2O1. The van der Waals surface area contributed by atoms with Crippen molar-refractivity contribution in [2.75, 3.05) is 26.5 Å². The first-order chi connectivity index (χ1) is 8.46. The van der Waals surface area contributed by atoms with Gasteiger partial charge in [0.15, 0.2) is 5.79 Å². The topological polar surface area (TPSA) is 71.4 Å². The molecule has 0 aromatic rings. The lowest BCUT2D eigenvalue weighted by molar-refractivity contribution is -0.224. The molecule has 0 aromatic heterocycles. The molecule has 4 atom stereocenters. The molecule has 3 heterocycles. The second kappa shape index (κ2) is 4.13. The smallest absolute Gasteiger partial charge is 0.163 e. The Balaban J connectivity index is 1.91. The van der Waals surface area contributed by atoms with Crippen molar-refractivity contribution in [1.29, 1.82) is 0 Å². The van der Waals surface area contributed by atoms with Crippen LogP contribution in [-0.4, -0.2) is 71.2 Å². The van der Waals surface area contributed by atoms with Crippen LogP contribution in [0.1, 0.15) is 20.3 Å². The van der Waals surface area contributed by atoms with E-state index in [1.54, 1.807) is 0 Å². The molecule has 3 rings (SSSR count). The van der Waals surface area contributed by atoms with E-state index in [2.05, 4.69) is 0 Å². The maximum absolute atomic E-state index is 10.8. The standard InChI is InChI=1S/C12H21NO5/c1-11(2)17-8-5-13-7-16-4-3-9(13)12(15,6-14)10(8)18-11/h8-10,14-15H,3-7H2,1-2H3/t8-,9+,10+,12+/m0/s1. The first-order valence-electron chi connectivity index (χ1n) is 6.47. The van der Waals surface area contributed by atoms with Crippen molar-refractivity contribution >= 4 is 0 Å². The number of aliphatic hydroxyl groups is 2. The summed E-state index contributed by atoms with van der Waals surface area (Å²) in [7, 11) is 0. The Kier molecular flexibility index (Phi) is 2.93. The molecule has 6 heteroatoms. The molecule has 18 heavy (non-hydrogen) atoms. The molecule has 6 nitrogen and oxygen atoms in total. The molecular formula is C12H21NO5. The molecule has 3 aliphatic heterocycles. The van der Waals surface area contributed by atoms with Crippen molar-refractivity contribution in [3.63, 3.8) is 0 Å². The van der Waals surface area contributed by atoms with Gasteiger partial charge in [-0.3, -0.25) is 4.90 Å². The van der Waals surface area contributed by atoms with Crippen molar-refractivity contribution in [3.8, 4) is 0 Å². The minimum atomic E-state index is -1.28. The normalized spacial score (nSPS) is 47.7. The summed E-state index contributed by atoms with van der Waals surface area (Å²) in [6.45, 7) is 5.08. The van der Waals surface area contributed by atoms with Crippen molar-refractivity contribution < 1.29 is 24.4 Å². The van der Waals surface area contributed by atoms with Gasteiger partial charge in [0.25, 0.3) is 0 Å². The lowest BCUT2D eigenvalue weighted by Crippen LogP contribution is -2.71. The largest absolute Gasteiger partial charge is 0.393 e. The maximum Gasteiger partial charge on any atom is 0.163 e. The Morgan fingerprint density at radius 1 is 1.33 bits per heavy atom. The van der Waals surface area contributed by atoms with Crippen LogP contribution in [0.2, 0.25) is 0 Å². The third-order valence-corrected chi connectivity index (χ3v) is 4.15. The van der Waals surface area contributed by atoms with E-state index in [1.165, 1.54) is 0 Å². The molecule has 3 fully saturated rings. The highest BCUT2D eigenvalue weighted by molar-refractivity contribution is 5.09. The molecule has 0 unspecified atom stereocenters. The molecule has 0 aromatic carbocycles. The van der Waals surface area contributed by atoms with E-state index in [4.69, 9.17) is 14.2 Å². The van der Waals surface area contributed by atoms with Crippen LogP contribution in [0.25, 0.3) is 0 Å². The Labute approximate surface area is 106 Å². The summed E-state index contributed by atoms with van der Waals surface area (Å²) in [6.07, 6.45) is -0.00342. The zero-order valence-corrected chi connectivity index (χ0v) is 10.8. The van der Waals surface area contributed by atoms with E-state index in [1.807, 2.05) is 18.7 Å². The monoisotopic (exact) mass is 259 g/mol. The Hall–Kier alpha value is -0.240. The summed E-state index contributed by atoms with van der Waals surface area (Å²) in [5.74, 6) is -0.714. The Morgan fingerprint density at radius 2 is 2.11 bits per heavy atom. The van der Waals surface area contributed by atoms with Crippen molar-refractivity contribution in [3.05, 3.63) is 0 Å². The van der Waals surface area contributed by atoms with E-state index in [0.29, 0.717) is 26.3 Å². The number of fused-ring (bicyclic) bond motifs is 2. The van der Waals surface area contributed by atoms with E-state index in [0.717, 1.165) is 0 Å². The molecule has 0 amide bonds. The van der Waals surface area contributed by atoms with Crippen molar-refractivity contribution in [2.24, 2.45) is 0 Å². The van der Waals surface area contributed by atoms with E-state index >= 15 is 0 Å². The molecule has 0 bridgehead atoms. The maximum atomic E-state index is 10.8. The second-order valence-electron chi connectivity index (χ2n) is 5.86. The fourth-order valence-electron chi connectivity index (χ4n) is 3.40. The summed E-state index contributed by atoms with van der Waals surface area (Å²) in [5.41, 5.74) is -1.28. The predicted octanol–water partition coefficient (Wildman–Crippen LogP) is -0.708. The van der Waals surface area contributed by atoms with Gasteiger partial charge in [-0.15, -0.1) is 0 Å². The lowest BCUT2D eigenvalue weighted by atomic mass is 9.79. The highest BCUT2D eigenvalue weighted by Gasteiger charge is 2.60. The summed E-state index contributed by atoms with van der Waals surface area (Å²) in [6, 6.07) is -0.130. The highest BCUT2D eigenvalue weighted by Crippen LogP contribution is 2.42. The average molecular weight is 259 g/mol. The van der Waals surface area contributed by atoms with Gasteiger partial charge in [0.2, 0.25) is 0 Å². The van der Waals surface area contributed by atoms with Gasteiger partial charge in [-0.1, -0.05) is 0 Å². The summed E-state index contributed by atoms with van der Waals surface area (Å²) in [4.78, 5) is 2.03. The first-order valence-corrected chi connectivity index (χ1v) is 6.47. The van der Waals surface area contributed by atoms with E-state index < -0.39 is 17.5 Å². The number of rotatable bonds is 1. The average Bonchev–Trinajstić information content (AvgIpc) is 2.65. The minimum Gasteiger partial charge on any atom is -0.393 e. The molecule has 0 aliphatic carbocycles. The molecule has 2 N–H and O–H groups in total. The van der Waals surface area contributed by atoms with Crippen molar-refractivity contribution in [2.45, 2.75) is 49.9 Å². The number of hydrogen-bond acceptors (Lipinski definition) is 6. The fraction of sp³-hybridized carbons (Fsp3) is 1.00. The molecule has 3 aliphatic rings. The molecule has 3 saturated heterocycles. The van der Waals surface area contributed by atoms with Gasteiger partial charge in [0, 0.05) is 19.2 Å². The van der Waals surface area contributed by atoms with Gasteiger partial charge in [-0.25, -0.2) is 0 Å². The summed E-state index contributed by atoms with van der Waals surface area (Å²) < 4.78 is 17.0. The number of ether oxygens (including phenoxy) is 3. The quantitative estimate of drug-likeness (QED) is 0.648. The Bertz CT molecular complexity index is 336. The number of piperidine rings is 1. The molecular weight excluding hydrogens is 238 g/mol. The minimum absolute atomic E-state index is 0.130. The van der Waals surface area contributed by atoms with Crippen LogP contribution >= 0.6 is 0 Å². The molecule has 0 saturated carbocycles. The van der Waals surface area contributed by atoms with Crippen LogP contribution in [0, 0.1) is 0 Å². The van der Waals surface area contributed by atoms with Crippen LogP contribution in [0.4, 0.5) is 0 Å². The van der Waals surface area contributed by atoms with Crippen LogP contribution < -0.4 is 0 Å². The van der Waals surface area contributed by atoms with Gasteiger partial charge in [0.05, 0.1) is 13.3 Å². The van der Waals surface area contributed by atoms with Crippen LogP contribution in [0.15, 0.2) is 0 Å². The fourth-order valence-corrected chi connectivity index (χ4v) is 3.40. The second-order valence-corrected chi connectivity index (χ2v) is 5.86. The Morgan fingerprint density at radius 3 is 2.83 bits per heavy atom. The van der Waals surface area contributed by atoms with Gasteiger partial charge in [0.1, 0.15) is 17.8 Å². The van der Waals surface area contributed by atoms with Gasteiger partial charge < -0.3 is 24.4 Å². The number of hydrogen-bond donors (Lipinski definition) is 2. The highest BCUT2D eigenvalue weighted by atomic mass is 16.8. The summed E-state index contributed by atoms with van der Waals surface area (Å²) in [5, 5.41) is 20.5. The van der Waals surface area contributed by atoms with Crippen molar-refractivity contribution in [1.82, 2.24) is 4.90 Å². The van der Waals surface area contributed by atoms with Crippen LogP contribution in [-0.2, 0) is 14.2 Å². The zero-order valence-electron chi connectivity index (χ0n) is 10.8. The first kappa shape index (κ1) is 12.8. The molecule has 104 valence electrons. The van der Waals surface area contributed by atoms with Gasteiger partial charge in [-0.2, -0.15) is 0 Å². The summed E-state index contributed by atoms with van der Waals surface area (Å²) >= 11 is 0. The third-order valence-electron chi connectivity index (χ3n) is 4.15. The number of nitrogens with zero attached hydrogens (tertiary/aromatic N) is 1. The van der Waals surface area contributed by atoms with E-state index in [-0.39, 0.29) is 18.8 Å². The van der Waals surface area contributed by atoms with Gasteiger partial charge in [-0.05, 0) is 20.3 Å². The van der Waals surface area contributed by atoms with E-state index in [9.17, 15) is 10.2 Å².